The Kier molecular flexibility index (Phi) is 4.29. The summed E-state index contributed by atoms with van der Waals surface area (Å²) in [5.41, 5.74) is 6.01. The van der Waals surface area contributed by atoms with Crippen LogP contribution in [0.15, 0.2) is 17.3 Å². The van der Waals surface area contributed by atoms with Gasteiger partial charge in [-0.05, 0) is 37.7 Å². The molecule has 1 fully saturated rings. The van der Waals surface area contributed by atoms with Gasteiger partial charge in [0.25, 0.3) is 0 Å². The van der Waals surface area contributed by atoms with E-state index in [4.69, 9.17) is 10.5 Å². The number of piperidine rings is 1. The lowest BCUT2D eigenvalue weighted by atomic mass is 10.00. The molecule has 2 N–H and O–H groups in total. The molecule has 0 aliphatic carbocycles. The van der Waals surface area contributed by atoms with Crippen molar-refractivity contribution >= 4 is 5.96 Å². The third-order valence-electron chi connectivity index (χ3n) is 3.59. The van der Waals surface area contributed by atoms with Crippen molar-refractivity contribution in [3.63, 3.8) is 0 Å². The molecule has 0 unspecified atom stereocenters. The number of hydrogen-bond donors (Lipinski definition) is 1. The van der Waals surface area contributed by atoms with Crippen molar-refractivity contribution in [1.29, 1.82) is 0 Å². The van der Waals surface area contributed by atoms with Gasteiger partial charge in [0.1, 0.15) is 6.10 Å². The molecule has 1 atom stereocenters. The number of guanidine groups is 1. The predicted octanol–water partition coefficient (Wildman–Crippen LogP) is 1.73. The average molecular weight is 237 g/mol. The summed E-state index contributed by atoms with van der Waals surface area (Å²) in [7, 11) is 0. The van der Waals surface area contributed by atoms with Gasteiger partial charge in [-0.25, -0.2) is 4.99 Å². The van der Waals surface area contributed by atoms with E-state index >= 15 is 0 Å². The highest BCUT2D eigenvalue weighted by molar-refractivity contribution is 5.78. The third kappa shape index (κ3) is 3.65. The summed E-state index contributed by atoms with van der Waals surface area (Å²) in [4.78, 5) is 6.65. The standard InChI is InChI=1S/C13H23N3O/c1-11-5-7-16(8-6-11)13(14)15-10-12-4-2-3-9-17-12/h3,9,11-12H,2,4-8,10H2,1H3,(H2,14,15)/t12-/m0/s1. The number of aliphatic imine (C=N–C) groups is 1. The number of nitrogens with two attached hydrogens (primary N) is 1. The maximum Gasteiger partial charge on any atom is 0.191 e. The molecule has 4 heteroatoms. The summed E-state index contributed by atoms with van der Waals surface area (Å²) < 4.78 is 5.47. The molecule has 0 amide bonds. The Morgan fingerprint density at radius 1 is 1.41 bits per heavy atom. The van der Waals surface area contributed by atoms with E-state index < -0.39 is 0 Å². The van der Waals surface area contributed by atoms with Crippen molar-refractivity contribution in [2.45, 2.75) is 38.7 Å². The van der Waals surface area contributed by atoms with Crippen LogP contribution in [0, 0.1) is 5.92 Å². The number of hydrogen-bond acceptors (Lipinski definition) is 2. The van der Waals surface area contributed by atoms with Crippen LogP contribution in [0.4, 0.5) is 0 Å². The van der Waals surface area contributed by atoms with Crippen LogP contribution in [-0.2, 0) is 4.74 Å². The van der Waals surface area contributed by atoms with E-state index in [0.717, 1.165) is 31.8 Å². The van der Waals surface area contributed by atoms with Crippen LogP contribution in [0.25, 0.3) is 0 Å². The van der Waals surface area contributed by atoms with Gasteiger partial charge >= 0.3 is 0 Å². The quantitative estimate of drug-likeness (QED) is 0.588. The van der Waals surface area contributed by atoms with Crippen LogP contribution in [-0.4, -0.2) is 36.6 Å². The summed E-state index contributed by atoms with van der Waals surface area (Å²) in [6.07, 6.45) is 8.61. The molecule has 2 aliphatic heterocycles. The van der Waals surface area contributed by atoms with Gasteiger partial charge < -0.3 is 15.4 Å². The number of rotatable bonds is 2. The van der Waals surface area contributed by atoms with E-state index in [0.29, 0.717) is 12.5 Å². The normalized spacial score (nSPS) is 27.0. The summed E-state index contributed by atoms with van der Waals surface area (Å²) in [5.74, 6) is 1.51. The van der Waals surface area contributed by atoms with Gasteiger partial charge in [-0.1, -0.05) is 6.92 Å². The van der Waals surface area contributed by atoms with Crippen LogP contribution < -0.4 is 5.73 Å². The third-order valence-corrected chi connectivity index (χ3v) is 3.59. The Hall–Kier alpha value is -1.19. The molecule has 1 saturated heterocycles. The average Bonchev–Trinajstić information content (AvgIpc) is 2.38. The molecule has 0 saturated carbocycles. The topological polar surface area (TPSA) is 50.8 Å². The van der Waals surface area contributed by atoms with Gasteiger partial charge in [0.05, 0.1) is 12.8 Å². The molecule has 0 aromatic rings. The molecule has 96 valence electrons. The second-order valence-corrected chi connectivity index (χ2v) is 5.08. The van der Waals surface area contributed by atoms with Crippen molar-refractivity contribution in [3.05, 3.63) is 12.3 Å². The van der Waals surface area contributed by atoms with Gasteiger partial charge in [0, 0.05) is 13.1 Å². The van der Waals surface area contributed by atoms with Crippen LogP contribution >= 0.6 is 0 Å². The number of ether oxygens (including phenoxy) is 1. The maximum atomic E-state index is 6.01. The first-order valence-electron chi connectivity index (χ1n) is 6.61. The molecule has 0 bridgehead atoms. The fraction of sp³-hybridized carbons (Fsp3) is 0.769. The van der Waals surface area contributed by atoms with Crippen LogP contribution in [0.5, 0.6) is 0 Å². The molecule has 17 heavy (non-hydrogen) atoms. The van der Waals surface area contributed by atoms with Crippen LogP contribution in [0.3, 0.4) is 0 Å². The molecule has 2 rings (SSSR count). The van der Waals surface area contributed by atoms with E-state index in [1.807, 2.05) is 0 Å². The van der Waals surface area contributed by atoms with Crippen molar-refractivity contribution < 1.29 is 4.74 Å². The Bertz CT molecular complexity index is 293. The van der Waals surface area contributed by atoms with Gasteiger partial charge in [0.2, 0.25) is 0 Å². The minimum atomic E-state index is 0.210. The fourth-order valence-corrected chi connectivity index (χ4v) is 2.25. The zero-order chi connectivity index (χ0) is 12.1. The van der Waals surface area contributed by atoms with Gasteiger partial charge in [-0.15, -0.1) is 0 Å². The summed E-state index contributed by atoms with van der Waals surface area (Å²) in [6, 6.07) is 0. The monoisotopic (exact) mass is 237 g/mol. The Labute approximate surface area is 104 Å². The highest BCUT2D eigenvalue weighted by atomic mass is 16.5. The molecule has 2 heterocycles. The number of likely N-dealkylation sites (tertiary alicyclic amines) is 1. The highest BCUT2D eigenvalue weighted by Crippen LogP contribution is 2.16. The van der Waals surface area contributed by atoms with Crippen LogP contribution in [0.1, 0.15) is 32.6 Å². The largest absolute Gasteiger partial charge is 0.496 e. The lowest BCUT2D eigenvalue weighted by Gasteiger charge is -2.31. The lowest BCUT2D eigenvalue weighted by molar-refractivity contribution is 0.131. The molecule has 0 aromatic carbocycles. The highest BCUT2D eigenvalue weighted by Gasteiger charge is 2.17. The van der Waals surface area contributed by atoms with Crippen molar-refractivity contribution in [2.75, 3.05) is 19.6 Å². The van der Waals surface area contributed by atoms with Gasteiger partial charge in [0.15, 0.2) is 5.96 Å². The van der Waals surface area contributed by atoms with Gasteiger partial charge in [-0.2, -0.15) is 0 Å². The lowest BCUT2D eigenvalue weighted by Crippen LogP contribution is -2.43. The van der Waals surface area contributed by atoms with E-state index in [1.165, 1.54) is 12.8 Å². The number of allylic oxidation sites excluding steroid dienone is 1. The van der Waals surface area contributed by atoms with Crippen molar-refractivity contribution in [3.8, 4) is 0 Å². The second kappa shape index (κ2) is 5.94. The summed E-state index contributed by atoms with van der Waals surface area (Å²) in [5, 5.41) is 0. The van der Waals surface area contributed by atoms with E-state index in [1.54, 1.807) is 6.26 Å². The van der Waals surface area contributed by atoms with Crippen LogP contribution in [0.2, 0.25) is 0 Å². The molecule has 0 radical (unpaired) electrons. The molecular weight excluding hydrogens is 214 g/mol. The van der Waals surface area contributed by atoms with E-state index in [2.05, 4.69) is 22.9 Å². The number of nitrogens with zero attached hydrogens (tertiary/aromatic N) is 2. The minimum absolute atomic E-state index is 0.210. The van der Waals surface area contributed by atoms with E-state index in [-0.39, 0.29) is 6.10 Å². The molecule has 0 spiro atoms. The smallest absolute Gasteiger partial charge is 0.191 e. The second-order valence-electron chi connectivity index (χ2n) is 5.08. The zero-order valence-corrected chi connectivity index (χ0v) is 10.6. The zero-order valence-electron chi connectivity index (χ0n) is 10.6. The molecule has 0 aromatic heterocycles. The Morgan fingerprint density at radius 2 is 2.18 bits per heavy atom. The van der Waals surface area contributed by atoms with E-state index in [9.17, 15) is 0 Å². The first kappa shape index (κ1) is 12.3. The summed E-state index contributed by atoms with van der Waals surface area (Å²) >= 11 is 0. The SMILES string of the molecule is CC1CCN(C(N)=NC[C@@H]2CCC=CO2)CC1. The fourth-order valence-electron chi connectivity index (χ4n) is 2.25. The molecule has 4 nitrogen and oxygen atoms in total. The van der Waals surface area contributed by atoms with Crippen molar-refractivity contribution in [1.82, 2.24) is 4.90 Å². The first-order chi connectivity index (χ1) is 8.25. The Balaban J connectivity index is 1.78. The maximum absolute atomic E-state index is 6.01. The van der Waals surface area contributed by atoms with Crippen molar-refractivity contribution in [2.24, 2.45) is 16.6 Å². The minimum Gasteiger partial charge on any atom is -0.496 e. The first-order valence-corrected chi connectivity index (χ1v) is 6.61. The molecule has 2 aliphatic rings. The Morgan fingerprint density at radius 3 is 2.82 bits per heavy atom. The van der Waals surface area contributed by atoms with Gasteiger partial charge in [-0.3, -0.25) is 0 Å². The predicted molar refractivity (Wildman–Crippen MR) is 69.7 cm³/mol. The summed E-state index contributed by atoms with van der Waals surface area (Å²) in [6.45, 7) is 5.07. The molecular formula is C13H23N3O.